The summed E-state index contributed by atoms with van der Waals surface area (Å²) in [6, 6.07) is 5.49. The van der Waals surface area contributed by atoms with E-state index < -0.39 is 0 Å². The van der Waals surface area contributed by atoms with Gasteiger partial charge in [-0.1, -0.05) is 13.8 Å². The molecule has 1 heterocycles. The van der Waals surface area contributed by atoms with Crippen LogP contribution in [0.2, 0.25) is 0 Å². The summed E-state index contributed by atoms with van der Waals surface area (Å²) in [6.45, 7) is 5.27. The predicted octanol–water partition coefficient (Wildman–Crippen LogP) is 1.92. The van der Waals surface area contributed by atoms with Crippen molar-refractivity contribution in [2.45, 2.75) is 26.7 Å². The van der Waals surface area contributed by atoms with Crippen LogP contribution in [0.5, 0.6) is 0 Å². The molecule has 19 heavy (non-hydrogen) atoms. The van der Waals surface area contributed by atoms with Gasteiger partial charge in [0, 0.05) is 25.7 Å². The predicted molar refractivity (Wildman–Crippen MR) is 74.5 cm³/mol. The van der Waals surface area contributed by atoms with Gasteiger partial charge < -0.3 is 10.6 Å². The van der Waals surface area contributed by atoms with Gasteiger partial charge >= 0.3 is 0 Å². The van der Waals surface area contributed by atoms with Crippen molar-refractivity contribution in [1.82, 2.24) is 10.3 Å². The molecule has 1 amide bonds. The lowest BCUT2D eigenvalue weighted by Crippen LogP contribution is -2.29. The van der Waals surface area contributed by atoms with Crippen LogP contribution in [-0.2, 0) is 4.79 Å². The number of pyridine rings is 1. The quantitative estimate of drug-likeness (QED) is 0.734. The van der Waals surface area contributed by atoms with Crippen LogP contribution in [0.25, 0.3) is 0 Å². The molecular weight excluding hydrogens is 240 g/mol. The summed E-state index contributed by atoms with van der Waals surface area (Å²) < 4.78 is 0. The molecule has 0 spiro atoms. The van der Waals surface area contributed by atoms with Crippen molar-refractivity contribution in [2.75, 3.05) is 18.4 Å². The first kappa shape index (κ1) is 15.0. The summed E-state index contributed by atoms with van der Waals surface area (Å²) in [5.41, 5.74) is 0.508. The topological polar surface area (TPSA) is 77.8 Å². The highest BCUT2D eigenvalue weighted by atomic mass is 16.1. The number of nitriles is 1. The van der Waals surface area contributed by atoms with Gasteiger partial charge in [0.1, 0.15) is 11.9 Å². The van der Waals surface area contributed by atoms with Gasteiger partial charge in [-0.25, -0.2) is 4.98 Å². The van der Waals surface area contributed by atoms with Crippen LogP contribution in [0.15, 0.2) is 18.3 Å². The Kier molecular flexibility index (Phi) is 6.37. The van der Waals surface area contributed by atoms with E-state index in [4.69, 9.17) is 5.26 Å². The van der Waals surface area contributed by atoms with Crippen LogP contribution >= 0.6 is 0 Å². The number of carbonyl (C=O) groups excluding carboxylic acids is 1. The van der Waals surface area contributed by atoms with E-state index in [9.17, 15) is 4.79 Å². The molecule has 0 atom stereocenters. The number of hydrogen-bond acceptors (Lipinski definition) is 4. The largest absolute Gasteiger partial charge is 0.367 e. The zero-order valence-corrected chi connectivity index (χ0v) is 11.4. The van der Waals surface area contributed by atoms with E-state index in [1.165, 1.54) is 0 Å². The number of nitrogens with one attached hydrogen (secondary N) is 2. The lowest BCUT2D eigenvalue weighted by atomic mass is 10.1. The molecule has 5 nitrogen and oxygen atoms in total. The Morgan fingerprint density at radius 1 is 1.47 bits per heavy atom. The first-order valence-electron chi connectivity index (χ1n) is 6.49. The van der Waals surface area contributed by atoms with E-state index in [1.54, 1.807) is 18.3 Å². The Hall–Kier alpha value is -2.09. The molecule has 0 saturated heterocycles. The van der Waals surface area contributed by atoms with Crippen molar-refractivity contribution in [3.05, 3.63) is 23.9 Å². The third-order valence-corrected chi connectivity index (χ3v) is 2.62. The summed E-state index contributed by atoms with van der Waals surface area (Å²) in [5.74, 6) is 1.16. The van der Waals surface area contributed by atoms with Gasteiger partial charge in [-0.2, -0.15) is 5.26 Å². The molecule has 0 radical (unpaired) electrons. The highest BCUT2D eigenvalue weighted by Gasteiger charge is 2.03. The summed E-state index contributed by atoms with van der Waals surface area (Å²) in [4.78, 5) is 15.6. The molecular formula is C14H20N4O. The van der Waals surface area contributed by atoms with Crippen molar-refractivity contribution in [2.24, 2.45) is 5.92 Å². The highest BCUT2D eigenvalue weighted by molar-refractivity contribution is 5.75. The van der Waals surface area contributed by atoms with Gasteiger partial charge in [0.25, 0.3) is 0 Å². The van der Waals surface area contributed by atoms with Crippen molar-refractivity contribution < 1.29 is 4.79 Å². The maximum absolute atomic E-state index is 11.5. The maximum atomic E-state index is 11.5. The van der Waals surface area contributed by atoms with Gasteiger partial charge in [0.05, 0.1) is 5.56 Å². The third-order valence-electron chi connectivity index (χ3n) is 2.62. The molecule has 102 valence electrons. The van der Waals surface area contributed by atoms with Crippen molar-refractivity contribution >= 4 is 11.7 Å². The van der Waals surface area contributed by atoms with Crippen molar-refractivity contribution in [3.8, 4) is 6.07 Å². The number of rotatable bonds is 7. The average Bonchev–Trinajstić information content (AvgIpc) is 2.41. The molecule has 0 bridgehead atoms. The smallest absolute Gasteiger partial charge is 0.220 e. The van der Waals surface area contributed by atoms with Gasteiger partial charge in [-0.15, -0.1) is 0 Å². The highest BCUT2D eigenvalue weighted by Crippen LogP contribution is 2.08. The fourth-order valence-corrected chi connectivity index (χ4v) is 1.53. The first-order chi connectivity index (χ1) is 9.13. The minimum Gasteiger partial charge on any atom is -0.367 e. The van der Waals surface area contributed by atoms with E-state index >= 15 is 0 Å². The molecule has 0 fully saturated rings. The number of anilines is 1. The maximum Gasteiger partial charge on any atom is 0.220 e. The zero-order valence-electron chi connectivity index (χ0n) is 11.4. The van der Waals surface area contributed by atoms with Gasteiger partial charge in [-0.05, 0) is 24.5 Å². The lowest BCUT2D eigenvalue weighted by molar-refractivity contribution is -0.121. The van der Waals surface area contributed by atoms with Crippen LogP contribution in [0.1, 0.15) is 32.3 Å². The van der Waals surface area contributed by atoms with Gasteiger partial charge in [-0.3, -0.25) is 4.79 Å². The fourth-order valence-electron chi connectivity index (χ4n) is 1.53. The summed E-state index contributed by atoms with van der Waals surface area (Å²) in [5, 5.41) is 14.8. The molecule has 0 aliphatic heterocycles. The lowest BCUT2D eigenvalue weighted by Gasteiger charge is -2.09. The monoisotopic (exact) mass is 260 g/mol. The number of hydrogen-bond donors (Lipinski definition) is 2. The number of aromatic nitrogens is 1. The molecule has 0 aliphatic rings. The summed E-state index contributed by atoms with van der Waals surface area (Å²) in [7, 11) is 0. The van der Waals surface area contributed by atoms with Crippen LogP contribution in [0, 0.1) is 17.2 Å². The molecule has 0 unspecified atom stereocenters. The van der Waals surface area contributed by atoms with Gasteiger partial charge in [0.15, 0.2) is 0 Å². The van der Waals surface area contributed by atoms with Gasteiger partial charge in [0.2, 0.25) is 5.91 Å². The van der Waals surface area contributed by atoms with Crippen molar-refractivity contribution in [3.63, 3.8) is 0 Å². The summed E-state index contributed by atoms with van der Waals surface area (Å²) in [6.07, 6.45) is 3.09. The molecule has 0 aromatic carbocycles. The molecule has 5 heteroatoms. The SMILES string of the molecule is CC(C)CCC(=O)NCCNc1ncccc1C#N. The second-order valence-electron chi connectivity index (χ2n) is 4.72. The summed E-state index contributed by atoms with van der Waals surface area (Å²) >= 11 is 0. The normalized spacial score (nSPS) is 10.0. The third kappa shape index (κ3) is 5.87. The van der Waals surface area contributed by atoms with Crippen LogP contribution < -0.4 is 10.6 Å². The molecule has 1 aromatic heterocycles. The minimum absolute atomic E-state index is 0.0667. The van der Waals surface area contributed by atoms with Crippen LogP contribution in [0.3, 0.4) is 0 Å². The second-order valence-corrected chi connectivity index (χ2v) is 4.72. The Morgan fingerprint density at radius 2 is 2.26 bits per heavy atom. The number of nitrogens with zero attached hydrogens (tertiary/aromatic N) is 2. The van der Waals surface area contributed by atoms with E-state index in [0.717, 1.165) is 6.42 Å². The molecule has 0 aliphatic carbocycles. The second kappa shape index (κ2) is 8.09. The Bertz CT molecular complexity index is 451. The van der Waals surface area contributed by atoms with E-state index in [0.29, 0.717) is 36.8 Å². The molecule has 0 saturated carbocycles. The van der Waals surface area contributed by atoms with E-state index in [-0.39, 0.29) is 5.91 Å². The van der Waals surface area contributed by atoms with Crippen LogP contribution in [-0.4, -0.2) is 24.0 Å². The standard InChI is InChI=1S/C14H20N4O/c1-11(2)5-6-13(19)16-8-9-18-14-12(10-15)4-3-7-17-14/h3-4,7,11H,5-6,8-9H2,1-2H3,(H,16,19)(H,17,18). The number of carbonyl (C=O) groups is 1. The van der Waals surface area contributed by atoms with E-state index in [1.807, 2.05) is 0 Å². The molecule has 1 rings (SSSR count). The van der Waals surface area contributed by atoms with Crippen molar-refractivity contribution in [1.29, 1.82) is 5.26 Å². The average molecular weight is 260 g/mol. The zero-order chi connectivity index (χ0) is 14.1. The van der Waals surface area contributed by atoms with E-state index in [2.05, 4.69) is 35.5 Å². The van der Waals surface area contributed by atoms with Crippen LogP contribution in [0.4, 0.5) is 5.82 Å². The minimum atomic E-state index is 0.0667. The Balaban J connectivity index is 2.24. The fraction of sp³-hybridized carbons (Fsp3) is 0.500. The first-order valence-corrected chi connectivity index (χ1v) is 6.49. The Labute approximate surface area is 114 Å². The molecule has 1 aromatic rings. The molecule has 2 N–H and O–H groups in total. The Morgan fingerprint density at radius 3 is 2.95 bits per heavy atom. The number of amides is 1.